The number of aliphatic hydroxyl groups is 1. The van der Waals surface area contributed by atoms with E-state index in [0.29, 0.717) is 18.7 Å². The molecule has 2 aromatic carbocycles. The van der Waals surface area contributed by atoms with Crippen molar-refractivity contribution in [2.24, 2.45) is 11.8 Å². The second-order valence-corrected chi connectivity index (χ2v) is 11.1. The molecule has 6 atom stereocenters. The molecule has 5 rings (SSSR count). The smallest absolute Gasteiger partial charge is 0.250 e. The maximum Gasteiger partial charge on any atom is 0.250 e. The number of anilines is 1. The summed E-state index contributed by atoms with van der Waals surface area (Å²) in [5, 5.41) is 15.7. The van der Waals surface area contributed by atoms with Gasteiger partial charge in [0, 0.05) is 23.6 Å². The molecule has 3 saturated heterocycles. The molecular formula is C27H30BrN3O5. The van der Waals surface area contributed by atoms with E-state index in [-0.39, 0.29) is 35.7 Å². The minimum atomic E-state index is -1.15. The van der Waals surface area contributed by atoms with E-state index in [1.165, 1.54) is 4.90 Å². The molecule has 3 heterocycles. The predicted molar refractivity (Wildman–Crippen MR) is 137 cm³/mol. The minimum absolute atomic E-state index is 0.0126. The van der Waals surface area contributed by atoms with Crippen LogP contribution in [0.5, 0.6) is 0 Å². The quantitative estimate of drug-likeness (QED) is 0.454. The molecule has 0 radical (unpaired) electrons. The lowest BCUT2D eigenvalue weighted by Crippen LogP contribution is -2.54. The first-order valence-electron chi connectivity index (χ1n) is 12.2. The van der Waals surface area contributed by atoms with E-state index < -0.39 is 29.6 Å². The number of carbonyl (C=O) groups is 3. The maximum absolute atomic E-state index is 13.7. The number of likely N-dealkylation sites (tertiary alicyclic amines) is 1. The third-order valence-corrected chi connectivity index (χ3v) is 8.49. The van der Waals surface area contributed by atoms with Gasteiger partial charge in [-0.15, -0.1) is 0 Å². The Labute approximate surface area is 218 Å². The lowest BCUT2D eigenvalue weighted by atomic mass is 9.70. The molecule has 2 bridgehead atoms. The number of hydrogen-bond acceptors (Lipinski definition) is 5. The van der Waals surface area contributed by atoms with E-state index in [0.717, 1.165) is 16.7 Å². The molecule has 3 unspecified atom stereocenters. The third kappa shape index (κ3) is 4.03. The Balaban J connectivity index is 1.45. The van der Waals surface area contributed by atoms with Gasteiger partial charge in [0.05, 0.1) is 24.5 Å². The Kier molecular flexibility index (Phi) is 6.65. The fourth-order valence-electron chi connectivity index (χ4n) is 6.05. The van der Waals surface area contributed by atoms with Gasteiger partial charge in [0.25, 0.3) is 0 Å². The van der Waals surface area contributed by atoms with E-state index in [9.17, 15) is 19.5 Å². The summed E-state index contributed by atoms with van der Waals surface area (Å²) in [4.78, 5) is 42.1. The number of halogens is 1. The zero-order valence-electron chi connectivity index (χ0n) is 20.2. The highest BCUT2D eigenvalue weighted by Crippen LogP contribution is 2.60. The normalized spacial score (nSPS) is 30.4. The van der Waals surface area contributed by atoms with Gasteiger partial charge in [-0.3, -0.25) is 14.4 Å². The number of nitrogens with zero attached hydrogens (tertiary/aromatic N) is 1. The van der Waals surface area contributed by atoms with E-state index >= 15 is 0 Å². The van der Waals surface area contributed by atoms with Crippen molar-refractivity contribution < 1.29 is 24.2 Å². The Morgan fingerprint density at radius 1 is 1.17 bits per heavy atom. The first-order valence-corrected chi connectivity index (χ1v) is 13.1. The van der Waals surface area contributed by atoms with Crippen LogP contribution in [0.25, 0.3) is 0 Å². The van der Waals surface area contributed by atoms with Crippen LogP contribution in [0.2, 0.25) is 0 Å². The number of nitrogens with one attached hydrogen (secondary N) is 2. The van der Waals surface area contributed by atoms with Crippen molar-refractivity contribution >= 4 is 39.3 Å². The molecule has 2 aromatic rings. The van der Waals surface area contributed by atoms with Crippen molar-refractivity contribution in [2.75, 3.05) is 18.5 Å². The lowest BCUT2D eigenvalue weighted by molar-refractivity contribution is -0.141. The van der Waals surface area contributed by atoms with E-state index in [1.54, 1.807) is 0 Å². The molecule has 3 amide bonds. The van der Waals surface area contributed by atoms with Crippen LogP contribution >= 0.6 is 15.9 Å². The minimum Gasteiger partial charge on any atom is -0.395 e. The van der Waals surface area contributed by atoms with E-state index in [1.807, 2.05) is 62.4 Å². The second kappa shape index (κ2) is 9.61. The Morgan fingerprint density at radius 2 is 1.92 bits per heavy atom. The fraction of sp³-hybridized carbons (Fsp3) is 0.444. The number of alkyl halides is 1. The third-order valence-electron chi connectivity index (χ3n) is 7.64. The first-order chi connectivity index (χ1) is 17.3. The van der Waals surface area contributed by atoms with Crippen LogP contribution < -0.4 is 10.6 Å². The summed E-state index contributed by atoms with van der Waals surface area (Å²) < 4.78 is 6.44. The van der Waals surface area contributed by atoms with Crippen molar-refractivity contribution in [3.05, 3.63) is 65.2 Å². The molecule has 1 spiro atoms. The van der Waals surface area contributed by atoms with Crippen LogP contribution in [-0.2, 0) is 25.7 Å². The average Bonchev–Trinajstić information content (AvgIpc) is 3.44. The zero-order chi connectivity index (χ0) is 25.6. The molecule has 0 saturated carbocycles. The number of ether oxygens (including phenoxy) is 1. The van der Waals surface area contributed by atoms with Gasteiger partial charge in [0.1, 0.15) is 11.6 Å². The largest absolute Gasteiger partial charge is 0.395 e. The summed E-state index contributed by atoms with van der Waals surface area (Å²) in [7, 11) is 0. The first kappa shape index (κ1) is 24.9. The molecule has 0 aromatic heterocycles. The topological polar surface area (TPSA) is 108 Å². The van der Waals surface area contributed by atoms with Gasteiger partial charge < -0.3 is 25.4 Å². The van der Waals surface area contributed by atoms with Crippen molar-refractivity contribution in [2.45, 2.75) is 49.4 Å². The van der Waals surface area contributed by atoms with Crippen LogP contribution in [-0.4, -0.2) is 63.5 Å². The molecule has 0 aliphatic carbocycles. The molecule has 36 heavy (non-hydrogen) atoms. The maximum atomic E-state index is 13.7. The highest BCUT2D eigenvalue weighted by molar-refractivity contribution is 9.09. The lowest BCUT2D eigenvalue weighted by Gasteiger charge is -2.34. The van der Waals surface area contributed by atoms with E-state index in [4.69, 9.17) is 4.74 Å². The van der Waals surface area contributed by atoms with Gasteiger partial charge in [-0.1, -0.05) is 58.4 Å². The Bertz CT molecular complexity index is 1190. The Morgan fingerprint density at radius 3 is 2.64 bits per heavy atom. The monoisotopic (exact) mass is 555 g/mol. The number of hydrogen-bond donors (Lipinski definition) is 3. The summed E-state index contributed by atoms with van der Waals surface area (Å²) in [6, 6.07) is 14.4. The number of amides is 3. The summed E-state index contributed by atoms with van der Waals surface area (Å²) >= 11 is 3.66. The molecular weight excluding hydrogens is 526 g/mol. The number of aryl methyl sites for hydroxylation is 2. The van der Waals surface area contributed by atoms with Crippen molar-refractivity contribution in [1.29, 1.82) is 0 Å². The van der Waals surface area contributed by atoms with Crippen molar-refractivity contribution in [1.82, 2.24) is 10.2 Å². The molecule has 3 aliphatic rings. The fourth-order valence-corrected chi connectivity index (χ4v) is 7.00. The summed E-state index contributed by atoms with van der Waals surface area (Å²) in [6.45, 7) is 3.87. The number of β-amino-alcohol motifs (C(OH)–C–C–N with tert-alkyl or cyclic N) is 1. The average molecular weight is 556 g/mol. The summed E-state index contributed by atoms with van der Waals surface area (Å²) in [6.07, 6.45) is -0.106. The van der Waals surface area contributed by atoms with Crippen LogP contribution in [0.4, 0.5) is 5.69 Å². The number of rotatable bonds is 7. The number of benzene rings is 2. The van der Waals surface area contributed by atoms with Gasteiger partial charge >= 0.3 is 0 Å². The van der Waals surface area contributed by atoms with Crippen LogP contribution in [0, 0.1) is 25.7 Å². The van der Waals surface area contributed by atoms with Crippen molar-refractivity contribution in [3.8, 4) is 0 Å². The van der Waals surface area contributed by atoms with E-state index in [2.05, 4.69) is 26.6 Å². The summed E-state index contributed by atoms with van der Waals surface area (Å²) in [5.41, 5.74) is 2.35. The Hall–Kier alpha value is -2.75. The summed E-state index contributed by atoms with van der Waals surface area (Å²) in [5.74, 6) is -2.51. The number of aliphatic hydroxyl groups excluding tert-OH is 1. The predicted octanol–water partition coefficient (Wildman–Crippen LogP) is 2.30. The zero-order valence-corrected chi connectivity index (χ0v) is 21.8. The van der Waals surface area contributed by atoms with Crippen LogP contribution in [0.15, 0.2) is 48.5 Å². The molecule has 190 valence electrons. The highest BCUT2D eigenvalue weighted by Gasteiger charge is 2.76. The van der Waals surface area contributed by atoms with Gasteiger partial charge in [-0.05, 0) is 43.0 Å². The molecule has 3 fully saturated rings. The van der Waals surface area contributed by atoms with Gasteiger partial charge in [-0.2, -0.15) is 0 Å². The second-order valence-electron chi connectivity index (χ2n) is 9.93. The van der Waals surface area contributed by atoms with Gasteiger partial charge in [-0.25, -0.2) is 0 Å². The van der Waals surface area contributed by atoms with Crippen molar-refractivity contribution in [3.63, 3.8) is 0 Å². The van der Waals surface area contributed by atoms with Crippen LogP contribution in [0.3, 0.4) is 0 Å². The number of fused-ring (bicyclic) bond motifs is 1. The molecule has 3 N–H and O–H groups in total. The number of carbonyl (C=O) groups excluding carboxylic acids is 3. The highest BCUT2D eigenvalue weighted by atomic mass is 79.9. The molecule has 3 aliphatic heterocycles. The van der Waals surface area contributed by atoms with Gasteiger partial charge in [0.15, 0.2) is 0 Å². The molecule has 8 nitrogen and oxygen atoms in total. The van der Waals surface area contributed by atoms with Gasteiger partial charge in [0.2, 0.25) is 17.7 Å². The SMILES string of the molecule is Cc1ccc(C)c(NC(=O)C2N(CCO)C(=O)[C@@H]3[C@H](C(=O)NCc4ccccc4)[C@H]4OC23CC4Br)c1. The van der Waals surface area contributed by atoms with Crippen LogP contribution in [0.1, 0.15) is 23.1 Å². The standard InChI is InChI=1S/C27H30BrN3O5/c1-15-8-9-16(2)19(12-15)30-25(34)23-27-13-18(28)22(36-27)20(21(27)26(35)31(23)10-11-32)24(33)29-14-17-6-4-3-5-7-17/h3-9,12,18,20-23,32H,10-11,13-14H2,1-2H3,(H,29,33)(H,30,34)/t18?,20-,21-,22-,23?,27?/m0/s1. The molecule has 9 heteroatoms.